The number of hydrogen-bond donors (Lipinski definition) is 0. The van der Waals surface area contributed by atoms with E-state index >= 15 is 0 Å². The van der Waals surface area contributed by atoms with Crippen LogP contribution in [0.25, 0.3) is 0 Å². The van der Waals surface area contributed by atoms with Crippen LogP contribution in [0.5, 0.6) is 11.5 Å². The third kappa shape index (κ3) is 4.14. The predicted octanol–water partition coefficient (Wildman–Crippen LogP) is 3.84. The van der Waals surface area contributed by atoms with Gasteiger partial charge in [-0.15, -0.1) is 0 Å². The van der Waals surface area contributed by atoms with Crippen molar-refractivity contribution < 1.29 is 22.1 Å². The third-order valence-corrected chi connectivity index (χ3v) is 5.64. The van der Waals surface area contributed by atoms with Crippen LogP contribution >= 0.6 is 0 Å². The quantitative estimate of drug-likeness (QED) is 0.729. The Morgan fingerprint density at radius 3 is 1.84 bits per heavy atom. The van der Waals surface area contributed by atoms with Gasteiger partial charge >= 0.3 is 0 Å². The van der Waals surface area contributed by atoms with E-state index < -0.39 is 10.1 Å². The van der Waals surface area contributed by atoms with E-state index in [9.17, 15) is 8.42 Å². The molecule has 5 nitrogen and oxygen atoms in total. The normalized spacial score (nSPS) is 11.4. The van der Waals surface area contributed by atoms with Gasteiger partial charge in [0.1, 0.15) is 0 Å². The molecule has 0 amide bonds. The molecule has 6 heteroatoms. The van der Waals surface area contributed by atoms with Gasteiger partial charge in [-0.3, -0.25) is 4.18 Å². The first-order valence-corrected chi connectivity index (χ1v) is 9.29. The van der Waals surface area contributed by atoms with Crippen molar-refractivity contribution in [2.24, 2.45) is 0 Å². The Hall–Kier alpha value is -2.05. The van der Waals surface area contributed by atoms with Crippen LogP contribution in [0.4, 0.5) is 0 Å². The van der Waals surface area contributed by atoms with Crippen molar-refractivity contribution in [3.63, 3.8) is 0 Å². The van der Waals surface area contributed by atoms with Gasteiger partial charge in [-0.05, 0) is 62.1 Å². The Labute approximate surface area is 149 Å². The van der Waals surface area contributed by atoms with E-state index in [1.807, 2.05) is 26.0 Å². The van der Waals surface area contributed by atoms with Gasteiger partial charge in [0, 0.05) is 0 Å². The molecule has 0 fully saturated rings. The van der Waals surface area contributed by atoms with Gasteiger partial charge in [-0.25, -0.2) is 0 Å². The van der Waals surface area contributed by atoms with Gasteiger partial charge in [0.25, 0.3) is 10.1 Å². The molecule has 0 aliphatic rings. The number of methoxy groups -OCH3 is 2. The Morgan fingerprint density at radius 1 is 0.800 bits per heavy atom. The molecule has 0 spiro atoms. The molecular formula is C19H24O5S. The standard InChI is InChI=1S/C19H24O5S/c1-12-7-14(3)19(15(4)8-12)25(20,21)24-11-16-10-18(23-6)17(22-5)9-13(16)2/h7-10H,11H2,1-6H3. The van der Waals surface area contributed by atoms with Gasteiger partial charge in [-0.2, -0.15) is 8.42 Å². The molecule has 0 saturated carbocycles. The summed E-state index contributed by atoms with van der Waals surface area (Å²) in [6.07, 6.45) is 0. The second-order valence-electron chi connectivity index (χ2n) is 6.08. The molecule has 0 unspecified atom stereocenters. The Kier molecular flexibility index (Phi) is 5.75. The van der Waals surface area contributed by atoms with Crippen molar-refractivity contribution in [3.05, 3.63) is 52.1 Å². The summed E-state index contributed by atoms with van der Waals surface area (Å²) in [7, 11) is -0.769. The Balaban J connectivity index is 2.32. The molecule has 0 atom stereocenters. The maximum absolute atomic E-state index is 12.7. The van der Waals surface area contributed by atoms with Crippen molar-refractivity contribution in [1.82, 2.24) is 0 Å². The summed E-state index contributed by atoms with van der Waals surface area (Å²) in [5.74, 6) is 1.13. The summed E-state index contributed by atoms with van der Waals surface area (Å²) in [5, 5.41) is 0. The van der Waals surface area contributed by atoms with E-state index in [4.69, 9.17) is 13.7 Å². The van der Waals surface area contributed by atoms with Crippen LogP contribution in [0.3, 0.4) is 0 Å². The smallest absolute Gasteiger partial charge is 0.297 e. The van der Waals surface area contributed by atoms with Crippen molar-refractivity contribution in [3.8, 4) is 11.5 Å². The van der Waals surface area contributed by atoms with Crippen LogP contribution in [0.2, 0.25) is 0 Å². The zero-order chi connectivity index (χ0) is 18.8. The lowest BCUT2D eigenvalue weighted by Crippen LogP contribution is -2.11. The monoisotopic (exact) mass is 364 g/mol. The molecule has 0 aromatic heterocycles. The summed E-state index contributed by atoms with van der Waals surface area (Å²) in [5.41, 5.74) is 3.97. The van der Waals surface area contributed by atoms with E-state index in [1.54, 1.807) is 33.1 Å². The Morgan fingerprint density at radius 2 is 1.32 bits per heavy atom. The number of aryl methyl sites for hydroxylation is 4. The first-order valence-electron chi connectivity index (χ1n) is 7.88. The summed E-state index contributed by atoms with van der Waals surface area (Å²) in [6, 6.07) is 7.21. The number of rotatable bonds is 6. The van der Waals surface area contributed by atoms with E-state index in [1.165, 1.54) is 7.11 Å². The highest BCUT2D eigenvalue weighted by molar-refractivity contribution is 7.86. The fourth-order valence-electron chi connectivity index (χ4n) is 2.94. The van der Waals surface area contributed by atoms with Crippen LogP contribution in [-0.2, 0) is 20.9 Å². The number of benzene rings is 2. The molecule has 0 radical (unpaired) electrons. The largest absolute Gasteiger partial charge is 0.493 e. The Bertz CT molecular complexity index is 862. The molecule has 2 aromatic rings. The number of hydrogen-bond acceptors (Lipinski definition) is 5. The zero-order valence-electron chi connectivity index (χ0n) is 15.5. The summed E-state index contributed by atoms with van der Waals surface area (Å²) in [4.78, 5) is 0.233. The fraction of sp³-hybridized carbons (Fsp3) is 0.368. The lowest BCUT2D eigenvalue weighted by molar-refractivity contribution is 0.304. The molecule has 0 aliphatic heterocycles. The van der Waals surface area contributed by atoms with E-state index in [0.717, 1.165) is 16.7 Å². The molecule has 0 saturated heterocycles. The minimum atomic E-state index is -3.86. The molecule has 25 heavy (non-hydrogen) atoms. The first-order chi connectivity index (χ1) is 11.7. The highest BCUT2D eigenvalue weighted by Crippen LogP contribution is 2.31. The van der Waals surface area contributed by atoms with Crippen molar-refractivity contribution in [2.45, 2.75) is 39.2 Å². The number of ether oxygens (including phenoxy) is 2. The van der Waals surface area contributed by atoms with E-state index in [0.29, 0.717) is 22.6 Å². The van der Waals surface area contributed by atoms with Gasteiger partial charge in [0.2, 0.25) is 0 Å². The van der Waals surface area contributed by atoms with Gasteiger partial charge in [0.05, 0.1) is 25.7 Å². The van der Waals surface area contributed by atoms with Crippen LogP contribution < -0.4 is 9.47 Å². The average molecular weight is 364 g/mol. The van der Waals surface area contributed by atoms with Crippen molar-refractivity contribution >= 4 is 10.1 Å². The fourth-order valence-corrected chi connectivity index (χ4v) is 4.25. The van der Waals surface area contributed by atoms with Crippen LogP contribution in [0.15, 0.2) is 29.2 Å². The van der Waals surface area contributed by atoms with Crippen molar-refractivity contribution in [1.29, 1.82) is 0 Å². The van der Waals surface area contributed by atoms with Gasteiger partial charge in [-0.1, -0.05) is 17.7 Å². The van der Waals surface area contributed by atoms with Crippen LogP contribution in [0, 0.1) is 27.7 Å². The molecule has 0 bridgehead atoms. The average Bonchev–Trinajstić information content (AvgIpc) is 2.52. The van der Waals surface area contributed by atoms with E-state index in [2.05, 4.69) is 0 Å². The molecule has 136 valence electrons. The van der Waals surface area contributed by atoms with Gasteiger partial charge in [0.15, 0.2) is 11.5 Å². The highest BCUT2D eigenvalue weighted by atomic mass is 32.2. The maximum Gasteiger partial charge on any atom is 0.297 e. The molecule has 2 rings (SSSR count). The van der Waals surface area contributed by atoms with Crippen LogP contribution in [-0.4, -0.2) is 22.6 Å². The molecular weight excluding hydrogens is 340 g/mol. The minimum absolute atomic E-state index is 0.0682. The third-order valence-electron chi connectivity index (χ3n) is 4.07. The SMILES string of the molecule is COc1cc(C)c(COS(=O)(=O)c2c(C)cc(C)cc2C)cc1OC. The highest BCUT2D eigenvalue weighted by Gasteiger charge is 2.22. The van der Waals surface area contributed by atoms with Gasteiger partial charge < -0.3 is 9.47 Å². The molecule has 0 heterocycles. The lowest BCUT2D eigenvalue weighted by atomic mass is 10.1. The minimum Gasteiger partial charge on any atom is -0.493 e. The summed E-state index contributed by atoms with van der Waals surface area (Å²) in [6.45, 7) is 7.29. The second kappa shape index (κ2) is 7.45. The van der Waals surface area contributed by atoms with Crippen LogP contribution in [0.1, 0.15) is 27.8 Å². The zero-order valence-corrected chi connectivity index (χ0v) is 16.3. The summed E-state index contributed by atoms with van der Waals surface area (Å²) < 4.78 is 41.2. The predicted molar refractivity (Wildman–Crippen MR) is 96.9 cm³/mol. The first kappa shape index (κ1) is 19.3. The molecule has 2 aromatic carbocycles. The lowest BCUT2D eigenvalue weighted by Gasteiger charge is -2.15. The topological polar surface area (TPSA) is 61.8 Å². The maximum atomic E-state index is 12.7. The molecule has 0 N–H and O–H groups in total. The van der Waals surface area contributed by atoms with E-state index in [-0.39, 0.29) is 11.5 Å². The van der Waals surface area contributed by atoms with Crippen molar-refractivity contribution in [2.75, 3.05) is 14.2 Å². The summed E-state index contributed by atoms with van der Waals surface area (Å²) >= 11 is 0. The molecule has 0 aliphatic carbocycles. The second-order valence-corrected chi connectivity index (χ2v) is 7.63.